The lowest BCUT2D eigenvalue weighted by atomic mass is 10.1. The van der Waals surface area contributed by atoms with Gasteiger partial charge in [-0.25, -0.2) is 9.97 Å². The largest absolute Gasteiger partial charge is 0.351 e. The van der Waals surface area contributed by atoms with Gasteiger partial charge in [-0.3, -0.25) is 0 Å². The highest BCUT2D eigenvalue weighted by Gasteiger charge is 2.23. The average molecular weight is 302 g/mol. The number of aromatic nitrogens is 2. The summed E-state index contributed by atoms with van der Waals surface area (Å²) in [6.07, 6.45) is 2.39. The van der Waals surface area contributed by atoms with Crippen molar-refractivity contribution in [1.29, 1.82) is 0 Å². The molecular weight excluding hydrogens is 290 g/mol. The Morgan fingerprint density at radius 3 is 2.70 bits per heavy atom. The van der Waals surface area contributed by atoms with E-state index < -0.39 is 0 Å². The zero-order valence-corrected chi connectivity index (χ0v) is 12.2. The van der Waals surface area contributed by atoms with Gasteiger partial charge < -0.3 is 5.32 Å². The number of nitrogens with zero attached hydrogens (tertiary/aromatic N) is 2. The second kappa shape index (κ2) is 4.72. The molecule has 3 aromatic rings. The van der Waals surface area contributed by atoms with E-state index in [4.69, 9.17) is 11.6 Å². The van der Waals surface area contributed by atoms with Crippen LogP contribution in [0.4, 0.5) is 5.95 Å². The maximum absolute atomic E-state index is 6.38. The molecule has 2 heterocycles. The minimum Gasteiger partial charge on any atom is -0.351 e. The second-order valence-corrected chi connectivity index (χ2v) is 6.17. The van der Waals surface area contributed by atoms with Crippen LogP contribution in [0, 0.1) is 0 Å². The van der Waals surface area contributed by atoms with Crippen molar-refractivity contribution in [1.82, 2.24) is 9.97 Å². The van der Waals surface area contributed by atoms with Gasteiger partial charge in [0, 0.05) is 17.0 Å². The molecule has 1 aliphatic carbocycles. The van der Waals surface area contributed by atoms with E-state index in [2.05, 4.69) is 32.8 Å². The van der Waals surface area contributed by atoms with Crippen LogP contribution in [-0.2, 0) is 0 Å². The van der Waals surface area contributed by atoms with Crippen molar-refractivity contribution < 1.29 is 0 Å². The first-order valence-corrected chi connectivity index (χ1v) is 7.84. The number of fused-ring (bicyclic) bond motifs is 1. The molecule has 1 aromatic carbocycles. The van der Waals surface area contributed by atoms with Crippen LogP contribution < -0.4 is 5.32 Å². The molecule has 0 unspecified atom stereocenters. The van der Waals surface area contributed by atoms with E-state index in [9.17, 15) is 0 Å². The van der Waals surface area contributed by atoms with Gasteiger partial charge >= 0.3 is 0 Å². The van der Waals surface area contributed by atoms with Crippen molar-refractivity contribution in [2.75, 3.05) is 5.32 Å². The molecule has 0 saturated heterocycles. The van der Waals surface area contributed by atoms with E-state index in [1.807, 2.05) is 18.2 Å². The Hall–Kier alpha value is -1.65. The number of hydrogen-bond acceptors (Lipinski definition) is 4. The van der Waals surface area contributed by atoms with Gasteiger partial charge in [-0.15, -0.1) is 11.3 Å². The Morgan fingerprint density at radius 1 is 1.15 bits per heavy atom. The predicted octanol–water partition coefficient (Wildman–Crippen LogP) is 4.59. The monoisotopic (exact) mass is 301 g/mol. The van der Waals surface area contributed by atoms with Gasteiger partial charge in [0.05, 0.1) is 5.39 Å². The molecule has 2 aromatic heterocycles. The molecule has 0 atom stereocenters. The molecule has 0 bridgehead atoms. The van der Waals surface area contributed by atoms with Crippen molar-refractivity contribution in [2.45, 2.75) is 18.9 Å². The molecule has 20 heavy (non-hydrogen) atoms. The van der Waals surface area contributed by atoms with Gasteiger partial charge in [0.25, 0.3) is 0 Å². The van der Waals surface area contributed by atoms with Crippen molar-refractivity contribution >= 4 is 39.1 Å². The molecule has 3 nitrogen and oxygen atoms in total. The van der Waals surface area contributed by atoms with E-state index in [0.29, 0.717) is 17.1 Å². The molecule has 5 heteroatoms. The van der Waals surface area contributed by atoms with Crippen LogP contribution in [0.1, 0.15) is 12.8 Å². The number of hydrogen-bond donors (Lipinski definition) is 1. The molecular formula is C15H12ClN3S. The number of thiophene rings is 1. The summed E-state index contributed by atoms with van der Waals surface area (Å²) in [7, 11) is 0. The topological polar surface area (TPSA) is 37.8 Å². The van der Waals surface area contributed by atoms with E-state index in [-0.39, 0.29) is 0 Å². The van der Waals surface area contributed by atoms with Gasteiger partial charge in [-0.2, -0.15) is 0 Å². The summed E-state index contributed by atoms with van der Waals surface area (Å²) in [5.74, 6) is 0.645. The second-order valence-electron chi connectivity index (χ2n) is 4.95. The number of anilines is 1. The summed E-state index contributed by atoms with van der Waals surface area (Å²) in [4.78, 5) is 9.90. The molecule has 100 valence electrons. The molecule has 0 radical (unpaired) electrons. The fourth-order valence-corrected chi connectivity index (χ4v) is 3.48. The third kappa shape index (κ3) is 2.15. The van der Waals surface area contributed by atoms with Gasteiger partial charge in [0.2, 0.25) is 5.95 Å². The van der Waals surface area contributed by atoms with Gasteiger partial charge in [0.15, 0.2) is 0 Å². The summed E-state index contributed by atoms with van der Waals surface area (Å²) < 4.78 is 0. The highest BCUT2D eigenvalue weighted by Crippen LogP contribution is 2.37. The summed E-state index contributed by atoms with van der Waals surface area (Å²) in [6, 6.07) is 10.7. The van der Waals surface area contributed by atoms with Crippen LogP contribution in [0.3, 0.4) is 0 Å². The Labute approximate surface area is 125 Å². The van der Waals surface area contributed by atoms with Crippen molar-refractivity contribution in [3.05, 3.63) is 40.9 Å². The van der Waals surface area contributed by atoms with Gasteiger partial charge in [-0.1, -0.05) is 41.9 Å². The smallest absolute Gasteiger partial charge is 0.225 e. The molecule has 4 rings (SSSR count). The third-order valence-corrected chi connectivity index (χ3v) is 4.53. The summed E-state index contributed by atoms with van der Waals surface area (Å²) in [5.41, 5.74) is 2.25. The minimum atomic E-state index is 0.525. The average Bonchev–Trinajstić information content (AvgIpc) is 3.16. The SMILES string of the molecule is Clc1nc(NC2CC2)nc2scc(-c3ccccc3)c12. The van der Waals surface area contributed by atoms with Crippen LogP contribution >= 0.6 is 22.9 Å². The fraction of sp³-hybridized carbons (Fsp3) is 0.200. The number of rotatable bonds is 3. The normalized spacial score (nSPS) is 14.7. The maximum Gasteiger partial charge on any atom is 0.225 e. The highest BCUT2D eigenvalue weighted by molar-refractivity contribution is 7.17. The molecule has 0 spiro atoms. The van der Waals surface area contributed by atoms with E-state index in [1.165, 1.54) is 12.8 Å². The van der Waals surface area contributed by atoms with Crippen LogP contribution in [-0.4, -0.2) is 16.0 Å². The zero-order valence-electron chi connectivity index (χ0n) is 10.6. The van der Waals surface area contributed by atoms with Gasteiger partial charge in [-0.05, 0) is 18.4 Å². The summed E-state index contributed by atoms with van der Waals surface area (Å²) in [5, 5.41) is 6.87. The molecule has 0 aliphatic heterocycles. The van der Waals surface area contributed by atoms with E-state index >= 15 is 0 Å². The van der Waals surface area contributed by atoms with Crippen LogP contribution in [0.2, 0.25) is 5.15 Å². The quantitative estimate of drug-likeness (QED) is 0.719. The van der Waals surface area contributed by atoms with Crippen LogP contribution in [0.25, 0.3) is 21.3 Å². The number of nitrogens with one attached hydrogen (secondary N) is 1. The first-order valence-electron chi connectivity index (χ1n) is 6.58. The lowest BCUT2D eigenvalue weighted by Crippen LogP contribution is -2.05. The minimum absolute atomic E-state index is 0.525. The predicted molar refractivity (Wildman–Crippen MR) is 84.5 cm³/mol. The lowest BCUT2D eigenvalue weighted by Gasteiger charge is -2.05. The highest BCUT2D eigenvalue weighted by atomic mass is 35.5. The Kier molecular flexibility index (Phi) is 2.86. The Balaban J connectivity index is 1.84. The summed E-state index contributed by atoms with van der Waals surface area (Å²) >= 11 is 7.99. The third-order valence-electron chi connectivity index (χ3n) is 3.38. The van der Waals surface area contributed by atoms with Crippen LogP contribution in [0.15, 0.2) is 35.7 Å². The van der Waals surface area contributed by atoms with Gasteiger partial charge in [0.1, 0.15) is 9.98 Å². The lowest BCUT2D eigenvalue weighted by molar-refractivity contribution is 1.07. The Bertz CT molecular complexity index is 765. The molecule has 1 N–H and O–H groups in total. The van der Waals surface area contributed by atoms with Crippen molar-refractivity contribution in [3.8, 4) is 11.1 Å². The number of benzene rings is 1. The van der Waals surface area contributed by atoms with Crippen molar-refractivity contribution in [2.24, 2.45) is 0 Å². The van der Waals surface area contributed by atoms with Crippen molar-refractivity contribution in [3.63, 3.8) is 0 Å². The van der Waals surface area contributed by atoms with E-state index in [0.717, 1.165) is 21.3 Å². The molecule has 0 amide bonds. The molecule has 1 aliphatic rings. The van der Waals surface area contributed by atoms with E-state index in [1.54, 1.807) is 11.3 Å². The Morgan fingerprint density at radius 2 is 1.95 bits per heavy atom. The first-order chi connectivity index (χ1) is 9.81. The molecule has 1 fully saturated rings. The van der Waals surface area contributed by atoms with Crippen LogP contribution in [0.5, 0.6) is 0 Å². The first kappa shape index (κ1) is 12.1. The molecule has 1 saturated carbocycles. The maximum atomic E-state index is 6.38. The standard InChI is InChI=1S/C15H12ClN3S/c16-13-12-11(9-4-2-1-3-5-9)8-20-14(12)19-15(18-13)17-10-6-7-10/h1-5,8,10H,6-7H2,(H,17,18,19). The zero-order chi connectivity index (χ0) is 13.5. The number of halogens is 1. The fourth-order valence-electron chi connectivity index (χ4n) is 2.20. The summed E-state index contributed by atoms with van der Waals surface area (Å²) in [6.45, 7) is 0.